The maximum atomic E-state index is 12.4. The Hall–Kier alpha value is -1.95. The molecule has 1 N–H and O–H groups in total. The maximum Gasteiger partial charge on any atom is 0.257 e. The van der Waals surface area contributed by atoms with Crippen LogP contribution in [0.15, 0.2) is 12.3 Å². The van der Waals surface area contributed by atoms with Gasteiger partial charge in [-0.3, -0.25) is 4.79 Å². The summed E-state index contributed by atoms with van der Waals surface area (Å²) in [5.74, 6) is -0.148. The SMILES string of the molecule is Cc1cc(C)n2ncc(C(=O)NC(C)C3CCCO3)c2n1. The van der Waals surface area contributed by atoms with Gasteiger partial charge in [-0.15, -0.1) is 0 Å². The van der Waals surface area contributed by atoms with Gasteiger partial charge in [-0.05, 0) is 39.7 Å². The van der Waals surface area contributed by atoms with Crippen molar-refractivity contribution in [3.63, 3.8) is 0 Å². The fourth-order valence-corrected chi connectivity index (χ4v) is 2.80. The van der Waals surface area contributed by atoms with Crippen molar-refractivity contribution in [2.45, 2.75) is 45.8 Å². The van der Waals surface area contributed by atoms with Crippen LogP contribution in [0.25, 0.3) is 5.65 Å². The quantitative estimate of drug-likeness (QED) is 0.932. The Bertz CT molecular complexity index is 674. The van der Waals surface area contributed by atoms with E-state index in [0.29, 0.717) is 11.2 Å². The summed E-state index contributed by atoms with van der Waals surface area (Å²) in [5, 5.41) is 7.25. The molecular weight excluding hydrogens is 268 g/mol. The van der Waals surface area contributed by atoms with Gasteiger partial charge in [0.05, 0.1) is 18.3 Å². The summed E-state index contributed by atoms with van der Waals surface area (Å²) in [5.41, 5.74) is 2.95. The first-order chi connectivity index (χ1) is 10.1. The molecule has 0 saturated carbocycles. The molecule has 3 heterocycles. The maximum absolute atomic E-state index is 12.4. The Morgan fingerprint density at radius 1 is 1.52 bits per heavy atom. The monoisotopic (exact) mass is 288 g/mol. The van der Waals surface area contributed by atoms with Crippen molar-refractivity contribution in [1.82, 2.24) is 19.9 Å². The van der Waals surface area contributed by atoms with Crippen molar-refractivity contribution < 1.29 is 9.53 Å². The summed E-state index contributed by atoms with van der Waals surface area (Å²) in [7, 11) is 0. The number of fused-ring (bicyclic) bond motifs is 1. The number of carbonyl (C=O) groups excluding carboxylic acids is 1. The molecule has 6 nitrogen and oxygen atoms in total. The van der Waals surface area contributed by atoms with E-state index in [0.717, 1.165) is 30.8 Å². The van der Waals surface area contributed by atoms with E-state index in [1.54, 1.807) is 10.7 Å². The van der Waals surface area contributed by atoms with Crippen LogP contribution in [0.3, 0.4) is 0 Å². The van der Waals surface area contributed by atoms with Crippen molar-refractivity contribution >= 4 is 11.6 Å². The lowest BCUT2D eigenvalue weighted by Crippen LogP contribution is -2.40. The highest BCUT2D eigenvalue weighted by atomic mass is 16.5. The largest absolute Gasteiger partial charge is 0.376 e. The first-order valence-corrected chi connectivity index (χ1v) is 7.30. The van der Waals surface area contributed by atoms with E-state index in [1.165, 1.54) is 0 Å². The summed E-state index contributed by atoms with van der Waals surface area (Å²) < 4.78 is 7.30. The molecule has 1 aliphatic rings. The van der Waals surface area contributed by atoms with Crippen molar-refractivity contribution in [3.05, 3.63) is 29.2 Å². The zero-order valence-electron chi connectivity index (χ0n) is 12.6. The van der Waals surface area contributed by atoms with Gasteiger partial charge in [0.15, 0.2) is 5.65 Å². The summed E-state index contributed by atoms with van der Waals surface area (Å²) in [4.78, 5) is 16.9. The fraction of sp³-hybridized carbons (Fsp3) is 0.533. The van der Waals surface area contributed by atoms with Crippen LogP contribution in [-0.4, -0.2) is 39.3 Å². The van der Waals surface area contributed by atoms with Gasteiger partial charge in [-0.2, -0.15) is 5.10 Å². The second-order valence-corrected chi connectivity index (χ2v) is 5.65. The highest BCUT2D eigenvalue weighted by Crippen LogP contribution is 2.17. The lowest BCUT2D eigenvalue weighted by Gasteiger charge is -2.19. The zero-order valence-corrected chi connectivity index (χ0v) is 12.6. The third kappa shape index (κ3) is 2.63. The lowest BCUT2D eigenvalue weighted by molar-refractivity contribution is 0.0713. The Morgan fingerprint density at radius 3 is 3.05 bits per heavy atom. The van der Waals surface area contributed by atoms with Crippen molar-refractivity contribution in [3.8, 4) is 0 Å². The van der Waals surface area contributed by atoms with Crippen LogP contribution in [0.1, 0.15) is 41.5 Å². The molecule has 1 fully saturated rings. The Morgan fingerprint density at radius 2 is 2.33 bits per heavy atom. The second kappa shape index (κ2) is 5.44. The number of ether oxygens (including phenoxy) is 1. The standard InChI is InChI=1S/C15H20N4O2/c1-9-7-10(2)19-14(17-9)12(8-16-19)15(20)18-11(3)13-5-4-6-21-13/h7-8,11,13H,4-6H2,1-3H3,(H,18,20). The first kappa shape index (κ1) is 14.0. The van der Waals surface area contributed by atoms with Crippen molar-refractivity contribution in [2.24, 2.45) is 0 Å². The molecular formula is C15H20N4O2. The summed E-state index contributed by atoms with van der Waals surface area (Å²) in [6, 6.07) is 1.93. The minimum atomic E-state index is -0.148. The van der Waals surface area contributed by atoms with E-state index in [4.69, 9.17) is 4.74 Å². The zero-order chi connectivity index (χ0) is 15.0. The molecule has 0 spiro atoms. The minimum absolute atomic E-state index is 0.0131. The molecule has 112 valence electrons. The van der Waals surface area contributed by atoms with E-state index in [1.807, 2.05) is 26.8 Å². The molecule has 2 unspecified atom stereocenters. The Labute approximate surface area is 123 Å². The van der Waals surface area contributed by atoms with Gasteiger partial charge in [0.1, 0.15) is 5.56 Å². The normalized spacial score (nSPS) is 19.9. The number of carbonyl (C=O) groups is 1. The average molecular weight is 288 g/mol. The molecule has 0 aliphatic carbocycles. The molecule has 0 aromatic carbocycles. The van der Waals surface area contributed by atoms with E-state index in [2.05, 4.69) is 15.4 Å². The molecule has 1 aliphatic heterocycles. The van der Waals surface area contributed by atoms with Gasteiger partial charge in [-0.25, -0.2) is 9.50 Å². The van der Waals surface area contributed by atoms with Crippen LogP contribution in [0.5, 0.6) is 0 Å². The molecule has 0 bridgehead atoms. The third-order valence-corrected chi connectivity index (χ3v) is 3.90. The molecule has 1 amide bonds. The smallest absolute Gasteiger partial charge is 0.257 e. The van der Waals surface area contributed by atoms with Crippen LogP contribution in [0.2, 0.25) is 0 Å². The van der Waals surface area contributed by atoms with E-state index in [-0.39, 0.29) is 18.1 Å². The summed E-state index contributed by atoms with van der Waals surface area (Å²) >= 11 is 0. The molecule has 1 saturated heterocycles. The van der Waals surface area contributed by atoms with Gasteiger partial charge in [0.2, 0.25) is 0 Å². The summed E-state index contributed by atoms with van der Waals surface area (Å²) in [6.45, 7) is 6.62. The van der Waals surface area contributed by atoms with Crippen LogP contribution in [0.4, 0.5) is 0 Å². The van der Waals surface area contributed by atoms with E-state index < -0.39 is 0 Å². The number of nitrogens with one attached hydrogen (secondary N) is 1. The molecule has 2 aromatic rings. The van der Waals surface area contributed by atoms with Crippen LogP contribution >= 0.6 is 0 Å². The number of aryl methyl sites for hydroxylation is 2. The molecule has 21 heavy (non-hydrogen) atoms. The van der Waals surface area contributed by atoms with Gasteiger partial charge in [-0.1, -0.05) is 0 Å². The number of aromatic nitrogens is 3. The highest BCUT2D eigenvalue weighted by Gasteiger charge is 2.25. The van der Waals surface area contributed by atoms with Gasteiger partial charge in [0, 0.05) is 18.0 Å². The molecule has 2 atom stereocenters. The minimum Gasteiger partial charge on any atom is -0.376 e. The van der Waals surface area contributed by atoms with Gasteiger partial charge in [0.25, 0.3) is 5.91 Å². The van der Waals surface area contributed by atoms with Crippen LogP contribution in [-0.2, 0) is 4.74 Å². The molecule has 2 aromatic heterocycles. The molecule has 0 radical (unpaired) electrons. The molecule has 6 heteroatoms. The Balaban J connectivity index is 1.84. The van der Waals surface area contributed by atoms with E-state index in [9.17, 15) is 4.79 Å². The van der Waals surface area contributed by atoms with Gasteiger partial charge >= 0.3 is 0 Å². The van der Waals surface area contributed by atoms with Crippen LogP contribution in [0, 0.1) is 13.8 Å². The predicted octanol–water partition coefficient (Wildman–Crippen LogP) is 1.64. The van der Waals surface area contributed by atoms with Crippen LogP contribution < -0.4 is 5.32 Å². The topological polar surface area (TPSA) is 68.5 Å². The molecule has 3 rings (SSSR count). The van der Waals surface area contributed by atoms with Gasteiger partial charge < -0.3 is 10.1 Å². The van der Waals surface area contributed by atoms with Crippen molar-refractivity contribution in [2.75, 3.05) is 6.61 Å². The summed E-state index contributed by atoms with van der Waals surface area (Å²) in [6.07, 6.45) is 3.73. The number of amides is 1. The second-order valence-electron chi connectivity index (χ2n) is 5.65. The Kier molecular flexibility index (Phi) is 3.63. The number of hydrogen-bond donors (Lipinski definition) is 1. The average Bonchev–Trinajstić information content (AvgIpc) is 3.07. The number of rotatable bonds is 3. The lowest BCUT2D eigenvalue weighted by atomic mass is 10.1. The first-order valence-electron chi connectivity index (χ1n) is 7.30. The van der Waals surface area contributed by atoms with E-state index >= 15 is 0 Å². The fourth-order valence-electron chi connectivity index (χ4n) is 2.80. The predicted molar refractivity (Wildman–Crippen MR) is 78.4 cm³/mol. The number of nitrogens with zero attached hydrogens (tertiary/aromatic N) is 3. The number of hydrogen-bond acceptors (Lipinski definition) is 4. The van der Waals surface area contributed by atoms with Crippen molar-refractivity contribution in [1.29, 1.82) is 0 Å². The highest BCUT2D eigenvalue weighted by molar-refractivity contribution is 5.99. The third-order valence-electron chi connectivity index (χ3n) is 3.90.